The van der Waals surface area contributed by atoms with Crippen LogP contribution in [0.15, 0.2) is 29.5 Å². The normalized spacial score (nSPS) is 11.5. The second kappa shape index (κ2) is 5.62. The van der Waals surface area contributed by atoms with Crippen molar-refractivity contribution in [2.24, 2.45) is 5.11 Å². The van der Waals surface area contributed by atoms with Crippen molar-refractivity contribution in [1.82, 2.24) is 4.98 Å². The van der Waals surface area contributed by atoms with Crippen molar-refractivity contribution in [3.8, 4) is 0 Å². The summed E-state index contributed by atoms with van der Waals surface area (Å²) in [6.45, 7) is 0.111. The van der Waals surface area contributed by atoms with Crippen molar-refractivity contribution in [3.05, 3.63) is 40.5 Å². The second-order valence-electron chi connectivity index (χ2n) is 2.96. The highest BCUT2D eigenvalue weighted by molar-refractivity contribution is 5.67. The maximum Gasteiger partial charge on any atom is 0.304 e. The third-order valence-electron chi connectivity index (χ3n) is 1.89. The molecule has 0 fully saturated rings. The Kier molecular flexibility index (Phi) is 4.12. The van der Waals surface area contributed by atoms with Crippen LogP contribution < -0.4 is 0 Å². The van der Waals surface area contributed by atoms with Crippen molar-refractivity contribution < 1.29 is 9.90 Å². The maximum atomic E-state index is 10.6. The van der Waals surface area contributed by atoms with Gasteiger partial charge in [-0.05, 0) is 17.7 Å². The number of pyridine rings is 1. The number of rotatable bonds is 5. The highest BCUT2D eigenvalue weighted by Gasteiger charge is 2.15. The molecule has 0 spiro atoms. The number of carboxylic acid groups (broad SMARTS) is 1. The first-order chi connectivity index (χ1) is 7.24. The molecule has 78 valence electrons. The molecule has 1 unspecified atom stereocenters. The fraction of sp³-hybridized carbons (Fsp3) is 0.333. The summed E-state index contributed by atoms with van der Waals surface area (Å²) in [6, 6.07) is 5.24. The Morgan fingerprint density at radius 2 is 2.47 bits per heavy atom. The molecular weight excluding hydrogens is 196 g/mol. The van der Waals surface area contributed by atoms with E-state index in [1.54, 1.807) is 24.4 Å². The van der Waals surface area contributed by atoms with Gasteiger partial charge in [-0.1, -0.05) is 11.2 Å². The van der Waals surface area contributed by atoms with E-state index >= 15 is 0 Å². The molecule has 0 saturated heterocycles. The summed E-state index contributed by atoms with van der Waals surface area (Å²) < 4.78 is 0. The molecule has 0 aliphatic rings. The van der Waals surface area contributed by atoms with E-state index in [4.69, 9.17) is 10.6 Å². The topological polar surface area (TPSA) is 99.0 Å². The van der Waals surface area contributed by atoms with Gasteiger partial charge in [-0.25, -0.2) is 0 Å². The predicted molar refractivity (Wildman–Crippen MR) is 53.2 cm³/mol. The van der Waals surface area contributed by atoms with Crippen LogP contribution in [-0.4, -0.2) is 22.6 Å². The fourth-order valence-corrected chi connectivity index (χ4v) is 1.23. The standard InChI is InChI=1S/C9H10N4O2/c10-13-12-6-7(5-9(14)15)8-3-1-2-4-11-8/h1-4,7H,5-6H2,(H,14,15). The Morgan fingerprint density at radius 3 is 3.00 bits per heavy atom. The van der Waals surface area contributed by atoms with Gasteiger partial charge in [-0.2, -0.15) is 0 Å². The summed E-state index contributed by atoms with van der Waals surface area (Å²) in [5.74, 6) is -1.29. The van der Waals surface area contributed by atoms with Crippen LogP contribution in [0.4, 0.5) is 0 Å². The minimum atomic E-state index is -0.932. The number of aliphatic carboxylic acids is 1. The van der Waals surface area contributed by atoms with E-state index in [-0.39, 0.29) is 18.9 Å². The number of carboxylic acids is 1. The minimum absolute atomic E-state index is 0.0873. The molecule has 1 N–H and O–H groups in total. The largest absolute Gasteiger partial charge is 0.481 e. The van der Waals surface area contributed by atoms with E-state index in [1.807, 2.05) is 0 Å². The third kappa shape index (κ3) is 3.66. The van der Waals surface area contributed by atoms with Crippen molar-refractivity contribution in [1.29, 1.82) is 0 Å². The van der Waals surface area contributed by atoms with Crippen LogP contribution >= 0.6 is 0 Å². The van der Waals surface area contributed by atoms with E-state index in [0.717, 1.165) is 0 Å². The first kappa shape index (κ1) is 11.0. The molecule has 0 amide bonds. The van der Waals surface area contributed by atoms with Crippen LogP contribution in [0.2, 0.25) is 0 Å². The van der Waals surface area contributed by atoms with E-state index < -0.39 is 5.97 Å². The van der Waals surface area contributed by atoms with Gasteiger partial charge < -0.3 is 5.11 Å². The summed E-state index contributed by atoms with van der Waals surface area (Å²) in [5.41, 5.74) is 8.82. The predicted octanol–water partition coefficient (Wildman–Crippen LogP) is 1.95. The van der Waals surface area contributed by atoms with Gasteiger partial charge in [0.05, 0.1) is 6.42 Å². The SMILES string of the molecule is [N-]=[N+]=NCC(CC(=O)O)c1ccccn1. The quantitative estimate of drug-likeness (QED) is 0.452. The monoisotopic (exact) mass is 206 g/mol. The lowest BCUT2D eigenvalue weighted by atomic mass is 10.0. The molecule has 1 aromatic rings. The summed E-state index contributed by atoms with van der Waals surface area (Å²) in [6.07, 6.45) is 1.50. The lowest BCUT2D eigenvalue weighted by Crippen LogP contribution is -2.10. The minimum Gasteiger partial charge on any atom is -0.481 e. The van der Waals surface area contributed by atoms with E-state index in [0.29, 0.717) is 5.69 Å². The van der Waals surface area contributed by atoms with Crippen molar-refractivity contribution in [2.75, 3.05) is 6.54 Å². The average molecular weight is 206 g/mol. The summed E-state index contributed by atoms with van der Waals surface area (Å²) >= 11 is 0. The number of nitrogens with zero attached hydrogens (tertiary/aromatic N) is 4. The highest BCUT2D eigenvalue weighted by atomic mass is 16.4. The van der Waals surface area contributed by atoms with Crippen LogP contribution in [0.1, 0.15) is 18.0 Å². The Hall–Kier alpha value is -2.07. The summed E-state index contributed by atoms with van der Waals surface area (Å²) in [4.78, 5) is 17.2. The molecule has 0 aliphatic heterocycles. The van der Waals surface area contributed by atoms with Gasteiger partial charge in [0.1, 0.15) is 0 Å². The molecule has 1 aromatic heterocycles. The van der Waals surface area contributed by atoms with Crippen LogP contribution in [0.25, 0.3) is 10.4 Å². The number of hydrogen-bond donors (Lipinski definition) is 1. The molecule has 1 heterocycles. The van der Waals surface area contributed by atoms with Gasteiger partial charge >= 0.3 is 5.97 Å². The molecule has 0 aliphatic carbocycles. The zero-order chi connectivity index (χ0) is 11.1. The van der Waals surface area contributed by atoms with E-state index in [1.165, 1.54) is 0 Å². The lowest BCUT2D eigenvalue weighted by molar-refractivity contribution is -0.137. The molecule has 0 radical (unpaired) electrons. The van der Waals surface area contributed by atoms with Crippen LogP contribution in [-0.2, 0) is 4.79 Å². The van der Waals surface area contributed by atoms with Crippen molar-refractivity contribution in [3.63, 3.8) is 0 Å². The molecule has 6 nitrogen and oxygen atoms in total. The van der Waals surface area contributed by atoms with Gasteiger partial charge in [0, 0.05) is 29.3 Å². The number of hydrogen-bond acceptors (Lipinski definition) is 3. The van der Waals surface area contributed by atoms with Gasteiger partial charge in [-0.15, -0.1) is 0 Å². The van der Waals surface area contributed by atoms with Crippen molar-refractivity contribution in [2.45, 2.75) is 12.3 Å². The Bertz CT molecular complexity index is 369. The molecule has 1 rings (SSSR count). The molecule has 0 saturated carbocycles. The molecule has 1 atom stereocenters. The molecule has 0 bridgehead atoms. The van der Waals surface area contributed by atoms with Crippen molar-refractivity contribution >= 4 is 5.97 Å². The Morgan fingerprint density at radius 1 is 1.67 bits per heavy atom. The summed E-state index contributed by atoms with van der Waals surface area (Å²) in [5, 5.41) is 12.1. The zero-order valence-electron chi connectivity index (χ0n) is 7.95. The van der Waals surface area contributed by atoms with Gasteiger partial charge in [0.25, 0.3) is 0 Å². The Balaban J connectivity index is 2.80. The van der Waals surface area contributed by atoms with Crippen LogP contribution in [0.5, 0.6) is 0 Å². The number of azide groups is 1. The lowest BCUT2D eigenvalue weighted by Gasteiger charge is -2.10. The number of carbonyl (C=O) groups is 1. The molecule has 15 heavy (non-hydrogen) atoms. The maximum absolute atomic E-state index is 10.6. The van der Waals surface area contributed by atoms with Gasteiger partial charge in [0.2, 0.25) is 0 Å². The highest BCUT2D eigenvalue weighted by Crippen LogP contribution is 2.17. The molecule has 6 heteroatoms. The van der Waals surface area contributed by atoms with Crippen LogP contribution in [0.3, 0.4) is 0 Å². The smallest absolute Gasteiger partial charge is 0.304 e. The average Bonchev–Trinajstić information content (AvgIpc) is 2.25. The fourth-order valence-electron chi connectivity index (χ4n) is 1.23. The second-order valence-corrected chi connectivity index (χ2v) is 2.96. The van der Waals surface area contributed by atoms with E-state index in [2.05, 4.69) is 15.0 Å². The molecule has 0 aromatic carbocycles. The van der Waals surface area contributed by atoms with Crippen LogP contribution in [0, 0.1) is 0 Å². The zero-order valence-corrected chi connectivity index (χ0v) is 7.95. The number of aromatic nitrogens is 1. The van der Waals surface area contributed by atoms with Gasteiger partial charge in [-0.3, -0.25) is 9.78 Å². The molecular formula is C9H10N4O2. The Labute approximate surface area is 86.2 Å². The van der Waals surface area contributed by atoms with E-state index in [9.17, 15) is 4.79 Å². The first-order valence-electron chi connectivity index (χ1n) is 4.37. The summed E-state index contributed by atoms with van der Waals surface area (Å²) in [7, 11) is 0. The van der Waals surface area contributed by atoms with Gasteiger partial charge in [0.15, 0.2) is 0 Å². The third-order valence-corrected chi connectivity index (χ3v) is 1.89. The first-order valence-corrected chi connectivity index (χ1v) is 4.37.